The third kappa shape index (κ3) is 3.12. The van der Waals surface area contributed by atoms with Gasteiger partial charge in [-0.3, -0.25) is 9.20 Å². The van der Waals surface area contributed by atoms with Crippen LogP contribution in [0.25, 0.3) is 22.1 Å². The van der Waals surface area contributed by atoms with Crippen molar-refractivity contribution in [1.29, 1.82) is 0 Å². The molecule has 7 heteroatoms. The number of carbonyl (C=O) groups excluding carboxylic acids is 1. The van der Waals surface area contributed by atoms with Gasteiger partial charge in [-0.25, -0.2) is 9.97 Å². The number of hydrogen-bond acceptors (Lipinski definition) is 4. The fraction of sp³-hybridized carbons (Fsp3) is 0.348. The van der Waals surface area contributed by atoms with E-state index in [9.17, 15) is 4.79 Å². The standard InChI is InChI=1S/C23H23BrN4O2/c1-12-4-7-18(30-3)13(2)21(12)16-8-15-10-25-20(27-23(29)14-5-6-14)9-17(15)28-19(24)11-26-22(16)28/h8-11,14H,4-7H2,1-3H3,(H,25,27,29). The Bertz CT molecular complexity index is 1270. The van der Waals surface area contributed by atoms with E-state index in [1.807, 2.05) is 18.5 Å². The molecule has 2 aliphatic carbocycles. The molecule has 0 atom stereocenters. The molecule has 0 bridgehead atoms. The number of hydrogen-bond donors (Lipinski definition) is 1. The largest absolute Gasteiger partial charge is 0.501 e. The summed E-state index contributed by atoms with van der Waals surface area (Å²) in [5.41, 5.74) is 6.55. The van der Waals surface area contributed by atoms with Crippen molar-refractivity contribution >= 4 is 49.8 Å². The molecule has 0 aliphatic heterocycles. The number of methoxy groups -OCH3 is 1. The zero-order valence-corrected chi connectivity index (χ0v) is 18.8. The normalized spacial score (nSPS) is 17.2. The number of fused-ring (bicyclic) bond motifs is 3. The molecule has 0 spiro atoms. The summed E-state index contributed by atoms with van der Waals surface area (Å²) in [7, 11) is 1.74. The molecule has 3 aromatic rings. The smallest absolute Gasteiger partial charge is 0.228 e. The monoisotopic (exact) mass is 466 g/mol. The molecule has 0 radical (unpaired) electrons. The first-order valence-electron chi connectivity index (χ1n) is 10.2. The van der Waals surface area contributed by atoms with Gasteiger partial charge in [0.15, 0.2) is 0 Å². The van der Waals surface area contributed by atoms with Crippen LogP contribution in [0.4, 0.5) is 5.82 Å². The van der Waals surface area contributed by atoms with Crippen molar-refractivity contribution in [3.8, 4) is 0 Å². The number of anilines is 1. The van der Waals surface area contributed by atoms with Gasteiger partial charge >= 0.3 is 0 Å². The summed E-state index contributed by atoms with van der Waals surface area (Å²) < 4.78 is 8.58. The Kier molecular flexibility index (Phi) is 4.65. The Morgan fingerprint density at radius 3 is 2.73 bits per heavy atom. The highest BCUT2D eigenvalue weighted by atomic mass is 79.9. The van der Waals surface area contributed by atoms with Gasteiger partial charge in [0.1, 0.15) is 16.1 Å². The number of nitrogens with zero attached hydrogens (tertiary/aromatic N) is 3. The second-order valence-corrected chi connectivity index (χ2v) is 8.91. The van der Waals surface area contributed by atoms with Crippen molar-refractivity contribution < 1.29 is 9.53 Å². The first kappa shape index (κ1) is 19.3. The number of rotatable bonds is 4. The van der Waals surface area contributed by atoms with Crippen LogP contribution in [0.1, 0.15) is 45.1 Å². The molecule has 6 nitrogen and oxygen atoms in total. The van der Waals surface area contributed by atoms with Gasteiger partial charge in [-0.1, -0.05) is 5.57 Å². The van der Waals surface area contributed by atoms with Crippen molar-refractivity contribution in [2.75, 3.05) is 12.4 Å². The third-order valence-corrected chi connectivity index (χ3v) is 6.63. The maximum absolute atomic E-state index is 12.2. The molecule has 2 aliphatic rings. The lowest BCUT2D eigenvalue weighted by atomic mass is 9.86. The predicted molar refractivity (Wildman–Crippen MR) is 121 cm³/mol. The zero-order valence-electron chi connectivity index (χ0n) is 17.3. The second kappa shape index (κ2) is 7.23. The summed E-state index contributed by atoms with van der Waals surface area (Å²) in [6.45, 7) is 4.29. The minimum atomic E-state index is 0.0512. The first-order valence-corrected chi connectivity index (χ1v) is 11.0. The minimum Gasteiger partial charge on any atom is -0.501 e. The summed E-state index contributed by atoms with van der Waals surface area (Å²) in [5.74, 6) is 1.78. The topological polar surface area (TPSA) is 68.5 Å². The average Bonchev–Trinajstić information content (AvgIpc) is 3.51. The van der Waals surface area contributed by atoms with Crippen LogP contribution < -0.4 is 5.32 Å². The molecule has 1 N–H and O–H groups in total. The Hall–Kier alpha value is -2.67. The highest BCUT2D eigenvalue weighted by molar-refractivity contribution is 9.10. The maximum atomic E-state index is 12.2. The lowest BCUT2D eigenvalue weighted by Crippen LogP contribution is -2.14. The van der Waals surface area contributed by atoms with E-state index in [2.05, 4.69) is 50.5 Å². The number of aromatic nitrogens is 3. The zero-order chi connectivity index (χ0) is 21.0. The van der Waals surface area contributed by atoms with Crippen LogP contribution in [-0.4, -0.2) is 27.4 Å². The van der Waals surface area contributed by atoms with Crippen molar-refractivity contribution in [3.63, 3.8) is 0 Å². The third-order valence-electron chi connectivity index (χ3n) is 6.07. The molecule has 0 aromatic carbocycles. The summed E-state index contributed by atoms with van der Waals surface area (Å²) in [5, 5.41) is 3.93. The van der Waals surface area contributed by atoms with Crippen LogP contribution in [0.5, 0.6) is 0 Å². The van der Waals surface area contributed by atoms with Gasteiger partial charge in [-0.2, -0.15) is 0 Å². The highest BCUT2D eigenvalue weighted by Gasteiger charge is 2.30. The number of carbonyl (C=O) groups is 1. The van der Waals surface area contributed by atoms with Crippen LogP contribution in [0.3, 0.4) is 0 Å². The molecule has 154 valence electrons. The lowest BCUT2D eigenvalue weighted by Gasteiger charge is -2.23. The van der Waals surface area contributed by atoms with Gasteiger partial charge in [-0.05, 0) is 66.3 Å². The number of nitrogens with one attached hydrogen (secondary N) is 1. The molecule has 3 aromatic heterocycles. The molecule has 0 saturated heterocycles. The molecule has 5 rings (SSSR count). The van der Waals surface area contributed by atoms with Crippen LogP contribution in [-0.2, 0) is 9.53 Å². The summed E-state index contributed by atoms with van der Waals surface area (Å²) >= 11 is 3.65. The van der Waals surface area contributed by atoms with Gasteiger partial charge < -0.3 is 10.1 Å². The van der Waals surface area contributed by atoms with E-state index in [-0.39, 0.29) is 11.8 Å². The Morgan fingerprint density at radius 2 is 2.00 bits per heavy atom. The minimum absolute atomic E-state index is 0.0512. The van der Waals surface area contributed by atoms with Crippen LogP contribution in [0.15, 0.2) is 46.0 Å². The van der Waals surface area contributed by atoms with Gasteiger partial charge in [0.2, 0.25) is 5.91 Å². The molecular weight excluding hydrogens is 444 g/mol. The fourth-order valence-corrected chi connectivity index (χ4v) is 4.78. The van der Waals surface area contributed by atoms with E-state index in [1.165, 1.54) is 11.1 Å². The molecule has 0 unspecified atom stereocenters. The van der Waals surface area contributed by atoms with E-state index >= 15 is 0 Å². The molecule has 3 heterocycles. The quantitative estimate of drug-likeness (QED) is 0.552. The molecule has 1 amide bonds. The number of amides is 1. The fourth-order valence-electron chi connectivity index (χ4n) is 4.32. The van der Waals surface area contributed by atoms with Gasteiger partial charge in [0.05, 0.1) is 24.6 Å². The van der Waals surface area contributed by atoms with Crippen LogP contribution >= 0.6 is 15.9 Å². The molecule has 1 saturated carbocycles. The SMILES string of the molecule is COC1=C(C)C(c2cc3cnc(NC(=O)C4CC4)cc3n3c(Br)cnc23)=C(C)CC1. The number of halogens is 1. The highest BCUT2D eigenvalue weighted by Crippen LogP contribution is 2.40. The maximum Gasteiger partial charge on any atom is 0.228 e. The second-order valence-electron chi connectivity index (χ2n) is 8.10. The molecule has 1 fully saturated rings. The molecular formula is C23H23BrN4O2. The average molecular weight is 467 g/mol. The van der Waals surface area contributed by atoms with E-state index in [0.29, 0.717) is 5.82 Å². The van der Waals surface area contributed by atoms with Crippen molar-refractivity contribution in [3.05, 3.63) is 51.6 Å². The number of ether oxygens (including phenoxy) is 1. The number of allylic oxidation sites excluding steroid dienone is 4. The Morgan fingerprint density at radius 1 is 1.20 bits per heavy atom. The predicted octanol–water partition coefficient (Wildman–Crippen LogP) is 5.48. The van der Waals surface area contributed by atoms with Gasteiger partial charge in [-0.15, -0.1) is 0 Å². The van der Waals surface area contributed by atoms with E-state index < -0.39 is 0 Å². The number of pyridine rings is 2. The summed E-state index contributed by atoms with van der Waals surface area (Å²) in [6, 6.07) is 4.06. The van der Waals surface area contributed by atoms with Gasteiger partial charge in [0.25, 0.3) is 0 Å². The molecule has 30 heavy (non-hydrogen) atoms. The van der Waals surface area contributed by atoms with Crippen LogP contribution in [0, 0.1) is 5.92 Å². The van der Waals surface area contributed by atoms with E-state index in [1.54, 1.807) is 7.11 Å². The Labute approximate surface area is 183 Å². The lowest BCUT2D eigenvalue weighted by molar-refractivity contribution is -0.117. The van der Waals surface area contributed by atoms with E-state index in [4.69, 9.17) is 9.72 Å². The Balaban J connectivity index is 1.71. The van der Waals surface area contributed by atoms with Crippen molar-refractivity contribution in [1.82, 2.24) is 14.4 Å². The van der Waals surface area contributed by atoms with Gasteiger partial charge in [0, 0.05) is 35.6 Å². The summed E-state index contributed by atoms with van der Waals surface area (Å²) in [4.78, 5) is 21.4. The number of imidazole rings is 1. The van der Waals surface area contributed by atoms with E-state index in [0.717, 1.165) is 63.7 Å². The van der Waals surface area contributed by atoms with Crippen LogP contribution in [0.2, 0.25) is 0 Å². The summed E-state index contributed by atoms with van der Waals surface area (Å²) in [6.07, 6.45) is 7.45. The first-order chi connectivity index (χ1) is 14.5. The van der Waals surface area contributed by atoms with Crippen molar-refractivity contribution in [2.24, 2.45) is 5.92 Å². The van der Waals surface area contributed by atoms with Crippen molar-refractivity contribution in [2.45, 2.75) is 39.5 Å².